The van der Waals surface area contributed by atoms with Crippen molar-refractivity contribution < 1.29 is 0 Å². The fourth-order valence-corrected chi connectivity index (χ4v) is 1.98. The molecule has 0 heterocycles. The first kappa shape index (κ1) is 15.9. The first-order valence-corrected chi connectivity index (χ1v) is 7.22. The third kappa shape index (κ3) is 12.0. The predicted molar refractivity (Wildman–Crippen MR) is 74.0 cm³/mol. The summed E-state index contributed by atoms with van der Waals surface area (Å²) >= 11 is 0. The maximum Gasteiger partial charge on any atom is -0.00490 e. The second kappa shape index (κ2) is 13.0. The van der Waals surface area contributed by atoms with E-state index in [1.807, 2.05) is 0 Å². The molecule has 0 saturated heterocycles. The van der Waals surface area contributed by atoms with Gasteiger partial charge in [0.15, 0.2) is 0 Å². The lowest BCUT2D eigenvalue weighted by molar-refractivity contribution is 0.438. The van der Waals surface area contributed by atoms with Crippen molar-refractivity contribution in [3.8, 4) is 0 Å². The van der Waals surface area contributed by atoms with Crippen LogP contribution in [0.1, 0.15) is 59.3 Å². The number of rotatable bonds is 12. The number of unbranched alkanes of at least 4 members (excludes halogenated alkanes) is 2. The third-order valence-corrected chi connectivity index (χ3v) is 3.10. The normalized spacial score (nSPS) is 11.2. The van der Waals surface area contributed by atoms with E-state index in [2.05, 4.69) is 31.4 Å². The highest BCUT2D eigenvalue weighted by Gasteiger charge is 2.01. The molecular formula is C14H32N2. The lowest BCUT2D eigenvalue weighted by Gasteiger charge is -2.11. The van der Waals surface area contributed by atoms with Gasteiger partial charge in [-0.15, -0.1) is 0 Å². The molecule has 0 aromatic heterocycles. The van der Waals surface area contributed by atoms with E-state index in [4.69, 9.17) is 0 Å². The van der Waals surface area contributed by atoms with Gasteiger partial charge in [0.2, 0.25) is 0 Å². The molecule has 16 heavy (non-hydrogen) atoms. The van der Waals surface area contributed by atoms with Crippen molar-refractivity contribution in [2.24, 2.45) is 5.92 Å². The maximum atomic E-state index is 3.38. The zero-order valence-electron chi connectivity index (χ0n) is 11.6. The topological polar surface area (TPSA) is 24.1 Å². The first-order valence-electron chi connectivity index (χ1n) is 7.22. The van der Waals surface area contributed by atoms with E-state index in [-0.39, 0.29) is 0 Å². The van der Waals surface area contributed by atoms with E-state index < -0.39 is 0 Å². The molecule has 0 bridgehead atoms. The molecule has 0 aliphatic carbocycles. The van der Waals surface area contributed by atoms with Crippen LogP contribution in [0.2, 0.25) is 0 Å². The summed E-state index contributed by atoms with van der Waals surface area (Å²) in [6, 6.07) is 0. The zero-order chi connectivity index (χ0) is 12.1. The number of hydrogen-bond donors (Lipinski definition) is 2. The quantitative estimate of drug-likeness (QED) is 0.501. The molecule has 2 N–H and O–H groups in total. The standard InChI is InChI=1S/C14H32N2/c1-4-15-12-8-6-10-14(3)11-7-9-13-16-5-2/h14-16H,4-13H2,1-3H3. The SMILES string of the molecule is CCNCCCCC(C)CCCCNCC. The van der Waals surface area contributed by atoms with Crippen molar-refractivity contribution in [2.75, 3.05) is 26.2 Å². The van der Waals surface area contributed by atoms with E-state index >= 15 is 0 Å². The van der Waals surface area contributed by atoms with Crippen LogP contribution >= 0.6 is 0 Å². The van der Waals surface area contributed by atoms with E-state index in [0.29, 0.717) is 0 Å². The largest absolute Gasteiger partial charge is 0.317 e. The molecule has 0 aromatic rings. The molecule has 0 fully saturated rings. The van der Waals surface area contributed by atoms with Crippen LogP contribution in [0.5, 0.6) is 0 Å². The third-order valence-electron chi connectivity index (χ3n) is 3.10. The molecule has 0 radical (unpaired) electrons. The molecule has 0 unspecified atom stereocenters. The summed E-state index contributed by atoms with van der Waals surface area (Å²) in [6.07, 6.45) is 8.28. The van der Waals surface area contributed by atoms with Gasteiger partial charge >= 0.3 is 0 Å². The Morgan fingerprint density at radius 2 is 1.19 bits per heavy atom. The van der Waals surface area contributed by atoms with Crippen molar-refractivity contribution >= 4 is 0 Å². The van der Waals surface area contributed by atoms with Crippen LogP contribution < -0.4 is 10.6 Å². The van der Waals surface area contributed by atoms with E-state index in [9.17, 15) is 0 Å². The van der Waals surface area contributed by atoms with Gasteiger partial charge < -0.3 is 10.6 Å². The summed E-state index contributed by atoms with van der Waals surface area (Å²) in [7, 11) is 0. The van der Waals surface area contributed by atoms with Gasteiger partial charge in [-0.3, -0.25) is 0 Å². The second-order valence-corrected chi connectivity index (χ2v) is 4.80. The Morgan fingerprint density at radius 3 is 1.56 bits per heavy atom. The van der Waals surface area contributed by atoms with Gasteiger partial charge in [0.1, 0.15) is 0 Å². The van der Waals surface area contributed by atoms with E-state index in [1.165, 1.54) is 51.6 Å². The Balaban J connectivity index is 3.09. The van der Waals surface area contributed by atoms with Crippen molar-refractivity contribution in [3.05, 3.63) is 0 Å². The van der Waals surface area contributed by atoms with Gasteiger partial charge in [0, 0.05) is 0 Å². The summed E-state index contributed by atoms with van der Waals surface area (Å²) in [5.74, 6) is 0.920. The van der Waals surface area contributed by atoms with Gasteiger partial charge in [-0.1, -0.05) is 46.5 Å². The van der Waals surface area contributed by atoms with Gasteiger partial charge in [0.25, 0.3) is 0 Å². The Morgan fingerprint density at radius 1 is 0.750 bits per heavy atom. The molecule has 0 amide bonds. The summed E-state index contributed by atoms with van der Waals surface area (Å²) in [4.78, 5) is 0. The molecule has 0 atom stereocenters. The van der Waals surface area contributed by atoms with Gasteiger partial charge in [-0.05, 0) is 44.9 Å². The van der Waals surface area contributed by atoms with Crippen LogP contribution in [-0.2, 0) is 0 Å². The van der Waals surface area contributed by atoms with Crippen molar-refractivity contribution in [3.63, 3.8) is 0 Å². The highest BCUT2D eigenvalue weighted by molar-refractivity contribution is 4.56. The Kier molecular flexibility index (Phi) is 12.9. The highest BCUT2D eigenvalue weighted by atomic mass is 14.8. The molecular weight excluding hydrogens is 196 g/mol. The molecule has 98 valence electrons. The average Bonchev–Trinajstić information content (AvgIpc) is 2.28. The van der Waals surface area contributed by atoms with Gasteiger partial charge in [0.05, 0.1) is 0 Å². The molecule has 0 aliphatic heterocycles. The molecule has 0 aliphatic rings. The van der Waals surface area contributed by atoms with Crippen LogP contribution in [0.4, 0.5) is 0 Å². The monoisotopic (exact) mass is 228 g/mol. The highest BCUT2D eigenvalue weighted by Crippen LogP contribution is 2.14. The molecule has 0 rings (SSSR count). The minimum Gasteiger partial charge on any atom is -0.317 e. The van der Waals surface area contributed by atoms with Crippen LogP contribution in [0.3, 0.4) is 0 Å². The zero-order valence-corrected chi connectivity index (χ0v) is 11.6. The fourth-order valence-electron chi connectivity index (χ4n) is 1.98. The summed E-state index contributed by atoms with van der Waals surface area (Å²) in [5, 5.41) is 6.76. The van der Waals surface area contributed by atoms with Crippen molar-refractivity contribution in [2.45, 2.75) is 59.3 Å². The summed E-state index contributed by atoms with van der Waals surface area (Å²) < 4.78 is 0. The lowest BCUT2D eigenvalue weighted by atomic mass is 9.98. The minimum absolute atomic E-state index is 0.920. The average molecular weight is 228 g/mol. The Hall–Kier alpha value is -0.0800. The molecule has 2 heteroatoms. The number of hydrogen-bond acceptors (Lipinski definition) is 2. The van der Waals surface area contributed by atoms with Crippen LogP contribution in [0.15, 0.2) is 0 Å². The van der Waals surface area contributed by atoms with Crippen LogP contribution in [0.25, 0.3) is 0 Å². The van der Waals surface area contributed by atoms with Gasteiger partial charge in [-0.2, -0.15) is 0 Å². The minimum atomic E-state index is 0.920. The van der Waals surface area contributed by atoms with Crippen LogP contribution in [-0.4, -0.2) is 26.2 Å². The maximum absolute atomic E-state index is 3.38. The predicted octanol–water partition coefficient (Wildman–Crippen LogP) is 3.18. The Bertz CT molecular complexity index is 112. The number of nitrogens with one attached hydrogen (secondary N) is 2. The second-order valence-electron chi connectivity index (χ2n) is 4.80. The van der Waals surface area contributed by atoms with E-state index in [0.717, 1.165) is 19.0 Å². The molecule has 0 spiro atoms. The van der Waals surface area contributed by atoms with Crippen LogP contribution in [0, 0.1) is 5.92 Å². The summed E-state index contributed by atoms with van der Waals surface area (Å²) in [6.45, 7) is 11.4. The smallest absolute Gasteiger partial charge is 0.00490 e. The molecule has 0 aromatic carbocycles. The summed E-state index contributed by atoms with van der Waals surface area (Å²) in [5.41, 5.74) is 0. The Labute approximate surface area is 103 Å². The lowest BCUT2D eigenvalue weighted by Crippen LogP contribution is -2.14. The van der Waals surface area contributed by atoms with E-state index in [1.54, 1.807) is 0 Å². The molecule has 2 nitrogen and oxygen atoms in total. The van der Waals surface area contributed by atoms with Crippen molar-refractivity contribution in [1.82, 2.24) is 10.6 Å². The first-order chi connectivity index (χ1) is 7.81. The van der Waals surface area contributed by atoms with Gasteiger partial charge in [-0.25, -0.2) is 0 Å². The molecule has 0 saturated carbocycles. The van der Waals surface area contributed by atoms with Crippen molar-refractivity contribution in [1.29, 1.82) is 0 Å². The fraction of sp³-hybridized carbons (Fsp3) is 1.00.